The van der Waals surface area contributed by atoms with E-state index in [1.165, 1.54) is 0 Å². The van der Waals surface area contributed by atoms with Gasteiger partial charge >= 0.3 is 17.9 Å². The van der Waals surface area contributed by atoms with Gasteiger partial charge in [0, 0.05) is 42.6 Å². The van der Waals surface area contributed by atoms with Gasteiger partial charge in [-0.2, -0.15) is 0 Å². The quantitative estimate of drug-likeness (QED) is 0.0332. The predicted octanol–water partition coefficient (Wildman–Crippen LogP) is -5.42. The zero-order chi connectivity index (χ0) is 40.3. The molecule has 0 radical (unpaired) electrons. The van der Waals surface area contributed by atoms with Crippen LogP contribution in [0.1, 0.15) is 19.3 Å². The van der Waals surface area contributed by atoms with Crippen LogP contribution in [0.5, 0.6) is 0 Å². The van der Waals surface area contributed by atoms with Crippen LogP contribution in [0.25, 0.3) is 0 Å². The summed E-state index contributed by atoms with van der Waals surface area (Å²) in [5, 5.41) is 99.9. The molecule has 10 N–H and O–H groups in total. The number of ether oxygens (including phenoxy) is 8. The van der Waals surface area contributed by atoms with Gasteiger partial charge in [-0.1, -0.05) is 19.7 Å². The first-order valence-corrected chi connectivity index (χ1v) is 16.9. The molecule has 21 nitrogen and oxygen atoms in total. The summed E-state index contributed by atoms with van der Waals surface area (Å²) < 4.78 is 42.1. The monoisotopic (exact) mass is 782 g/mol. The fraction of sp³-hybridized carbons (Fsp3) is 0.727. The van der Waals surface area contributed by atoms with Crippen molar-refractivity contribution in [3.63, 3.8) is 0 Å². The average Bonchev–Trinajstić information content (AvgIpc) is 3.15. The van der Waals surface area contributed by atoms with Crippen LogP contribution in [0, 0.1) is 0 Å². The minimum atomic E-state index is -1.80. The second kappa shape index (κ2) is 21.4. The average molecular weight is 783 g/mol. The summed E-state index contributed by atoms with van der Waals surface area (Å²) in [6, 6.07) is 0. The summed E-state index contributed by atoms with van der Waals surface area (Å²) in [7, 11) is 0. The molecular formula is C33H50O21. The van der Waals surface area contributed by atoms with Gasteiger partial charge in [0.15, 0.2) is 18.7 Å². The number of aliphatic hydroxyl groups is 10. The molecule has 21 heteroatoms. The van der Waals surface area contributed by atoms with Crippen molar-refractivity contribution >= 4 is 17.9 Å². The summed E-state index contributed by atoms with van der Waals surface area (Å²) in [6.07, 6.45) is -21.8. The molecule has 3 heterocycles. The smallest absolute Gasteiger partial charge is 0.333 e. The van der Waals surface area contributed by atoms with Crippen LogP contribution >= 0.6 is 0 Å². The molecule has 0 saturated carbocycles. The van der Waals surface area contributed by atoms with E-state index in [4.69, 9.17) is 43.0 Å². The number of hydrogen-bond acceptors (Lipinski definition) is 21. The van der Waals surface area contributed by atoms with E-state index in [-0.39, 0.29) is 62.4 Å². The molecule has 308 valence electrons. The van der Waals surface area contributed by atoms with Crippen molar-refractivity contribution in [2.24, 2.45) is 0 Å². The molecule has 0 aliphatic carbocycles. The Kier molecular flexibility index (Phi) is 18.0. The van der Waals surface area contributed by atoms with Gasteiger partial charge < -0.3 is 89.0 Å². The summed E-state index contributed by atoms with van der Waals surface area (Å²) in [4.78, 5) is 37.0. The molecule has 0 unspecified atom stereocenters. The van der Waals surface area contributed by atoms with Crippen molar-refractivity contribution in [1.29, 1.82) is 0 Å². The van der Waals surface area contributed by atoms with Crippen molar-refractivity contribution in [1.82, 2.24) is 0 Å². The minimum Gasteiger partial charge on any atom is -0.459 e. The first-order valence-electron chi connectivity index (χ1n) is 16.9. The van der Waals surface area contributed by atoms with E-state index in [9.17, 15) is 60.3 Å². The lowest BCUT2D eigenvalue weighted by Crippen LogP contribution is -2.59. The third-order valence-corrected chi connectivity index (χ3v) is 8.77. The van der Waals surface area contributed by atoms with Crippen LogP contribution in [0.4, 0.5) is 0 Å². The molecule has 3 aliphatic rings. The second-order valence-electron chi connectivity index (χ2n) is 12.7. The Labute approximate surface area is 309 Å². The van der Waals surface area contributed by atoms with E-state index in [0.717, 1.165) is 0 Å². The molecule has 3 saturated heterocycles. The largest absolute Gasteiger partial charge is 0.459 e. The molecule has 0 spiro atoms. The molecule has 0 amide bonds. The first-order chi connectivity index (χ1) is 25.5. The molecule has 0 aromatic rings. The van der Waals surface area contributed by atoms with Crippen LogP contribution in [-0.4, -0.2) is 201 Å². The number of esters is 3. The van der Waals surface area contributed by atoms with Gasteiger partial charge in [0.1, 0.15) is 80.4 Å². The van der Waals surface area contributed by atoms with E-state index in [1.807, 2.05) is 0 Å². The predicted molar refractivity (Wildman–Crippen MR) is 174 cm³/mol. The molecule has 3 aliphatic heterocycles. The van der Waals surface area contributed by atoms with Crippen molar-refractivity contribution in [3.8, 4) is 0 Å². The number of rotatable bonds is 19. The van der Waals surface area contributed by atoms with Crippen LogP contribution < -0.4 is 0 Å². The van der Waals surface area contributed by atoms with Gasteiger partial charge in [-0.3, -0.25) is 0 Å². The fourth-order valence-corrected chi connectivity index (χ4v) is 5.28. The molecule has 3 rings (SSSR count). The highest BCUT2D eigenvalue weighted by Crippen LogP contribution is 2.25. The molecule has 0 aromatic heterocycles. The highest BCUT2D eigenvalue weighted by molar-refractivity contribution is 5.88. The number of aliphatic hydroxyl groups excluding tert-OH is 10. The van der Waals surface area contributed by atoms with E-state index >= 15 is 0 Å². The Morgan fingerprint density at radius 3 is 1.52 bits per heavy atom. The third kappa shape index (κ3) is 12.0. The lowest BCUT2D eigenvalue weighted by molar-refractivity contribution is -0.301. The topological polar surface area (TPSA) is 327 Å². The number of carbonyl (C=O) groups excluding carboxylic acids is 3. The van der Waals surface area contributed by atoms with Gasteiger partial charge in [-0.05, 0) is 0 Å². The van der Waals surface area contributed by atoms with Crippen LogP contribution in [0.2, 0.25) is 0 Å². The highest BCUT2D eigenvalue weighted by atomic mass is 16.7. The summed E-state index contributed by atoms with van der Waals surface area (Å²) in [5.41, 5.74) is -0.299. The highest BCUT2D eigenvalue weighted by Gasteiger charge is 2.46. The maximum atomic E-state index is 12.6. The van der Waals surface area contributed by atoms with Gasteiger partial charge in [0.2, 0.25) is 0 Å². The first kappa shape index (κ1) is 45.4. The zero-order valence-corrected chi connectivity index (χ0v) is 29.2. The summed E-state index contributed by atoms with van der Waals surface area (Å²) in [5.74, 6) is -2.78. The van der Waals surface area contributed by atoms with Crippen molar-refractivity contribution in [2.75, 3.05) is 46.2 Å². The molecule has 3 fully saturated rings. The van der Waals surface area contributed by atoms with E-state index in [1.54, 1.807) is 0 Å². The van der Waals surface area contributed by atoms with E-state index in [2.05, 4.69) is 19.7 Å². The Morgan fingerprint density at radius 2 is 1.00 bits per heavy atom. The second-order valence-corrected chi connectivity index (χ2v) is 12.7. The maximum Gasteiger partial charge on any atom is 0.333 e. The van der Waals surface area contributed by atoms with Gasteiger partial charge in [0.25, 0.3) is 0 Å². The Hall–Kier alpha value is -2.97. The number of carbonyl (C=O) groups is 3. The molecule has 14 atom stereocenters. The van der Waals surface area contributed by atoms with Crippen molar-refractivity contribution in [2.45, 2.75) is 105 Å². The van der Waals surface area contributed by atoms with Crippen LogP contribution in [-0.2, 0) is 52.3 Å². The summed E-state index contributed by atoms with van der Waals surface area (Å²) >= 11 is 0. The SMILES string of the molecule is C=C(CCO)C(=O)OC[C@@H]1OC[C@H](OC(=O)C(=C)CCO[C@@H]2O[C@H](COC(=O)C(=C)CCO[C@@H]3O[C@H](CO)[C@@H](O)[C@H](O)[C@H]3O)[C@@H](O)[C@H](O)[C@H]2O)[C@@H](O)[C@H]1O. The van der Waals surface area contributed by atoms with Gasteiger partial charge in [-0.25, -0.2) is 14.4 Å². The number of hydrogen-bond donors (Lipinski definition) is 10. The van der Waals surface area contributed by atoms with Crippen molar-refractivity contribution in [3.05, 3.63) is 36.5 Å². The van der Waals surface area contributed by atoms with Crippen molar-refractivity contribution < 1.29 is 103 Å². The fourth-order valence-electron chi connectivity index (χ4n) is 5.28. The Bertz CT molecular complexity index is 1290. The van der Waals surface area contributed by atoms with Gasteiger partial charge in [0.05, 0.1) is 26.4 Å². The molecule has 0 aromatic carbocycles. The third-order valence-electron chi connectivity index (χ3n) is 8.77. The molecular weight excluding hydrogens is 732 g/mol. The Morgan fingerprint density at radius 1 is 0.556 bits per heavy atom. The zero-order valence-electron chi connectivity index (χ0n) is 29.2. The van der Waals surface area contributed by atoms with Crippen LogP contribution in [0.3, 0.4) is 0 Å². The van der Waals surface area contributed by atoms with Gasteiger partial charge in [-0.15, -0.1) is 0 Å². The van der Waals surface area contributed by atoms with Crippen LogP contribution in [0.15, 0.2) is 36.5 Å². The normalized spacial score (nSPS) is 35.4. The minimum absolute atomic E-state index is 0.000700. The Balaban J connectivity index is 1.39. The lowest BCUT2D eigenvalue weighted by atomic mass is 9.99. The van der Waals surface area contributed by atoms with E-state index in [0.29, 0.717) is 0 Å². The standard InChI is InChI=1S/C33H50O21/c1-14(4-7-34)29(44)50-11-18-22(37)23(38)19(12-49-18)52-31(46)16(3)6-9-48-33-28(43)26(41)24(39)20(54-33)13-51-30(45)15(2)5-8-47-32-27(42)25(40)21(36)17(10-35)53-32/h17-28,32-43H,1-13H2/t17-,18+,19+,20-,21-,22+,23-,24-,25+,26+,27-,28-,32-,33-/m1/s1. The molecule has 54 heavy (non-hydrogen) atoms. The maximum absolute atomic E-state index is 12.6. The molecule has 0 bridgehead atoms. The van der Waals surface area contributed by atoms with E-state index < -0.39 is 124 Å². The summed E-state index contributed by atoms with van der Waals surface area (Å²) in [6.45, 7) is 7.60. The lowest BCUT2D eigenvalue weighted by Gasteiger charge is -2.40.